The second-order valence-electron chi connectivity index (χ2n) is 6.38. The monoisotopic (exact) mass is 338 g/mol. The van der Waals surface area contributed by atoms with E-state index in [1.54, 1.807) is 0 Å². The Labute approximate surface area is 149 Å². The quantitative estimate of drug-likeness (QED) is 0.841. The number of carbonyl (C=O) groups is 1. The van der Waals surface area contributed by atoms with E-state index in [1.165, 1.54) is 12.1 Å². The van der Waals surface area contributed by atoms with E-state index in [2.05, 4.69) is 34.5 Å². The summed E-state index contributed by atoms with van der Waals surface area (Å²) in [5.74, 6) is 0.917. The van der Waals surface area contributed by atoms with Gasteiger partial charge in [0.2, 0.25) is 5.91 Å². The molecule has 1 fully saturated rings. The number of hydrogen-bond donors (Lipinski definition) is 1. The molecule has 0 radical (unpaired) electrons. The Morgan fingerprint density at radius 1 is 1.16 bits per heavy atom. The smallest absolute Gasteiger partial charge is 0.224 e. The molecule has 4 heteroatoms. The van der Waals surface area contributed by atoms with E-state index in [1.807, 2.05) is 37.3 Å². The molecule has 1 atom stereocenters. The first-order valence-corrected chi connectivity index (χ1v) is 9.06. The number of carbonyl (C=O) groups excluding carboxylic acids is 1. The minimum atomic E-state index is 0.0732. The van der Waals surface area contributed by atoms with Crippen LogP contribution in [0.2, 0.25) is 0 Å². The molecule has 1 aliphatic heterocycles. The lowest BCUT2D eigenvalue weighted by molar-refractivity contribution is -0.120. The molecule has 0 spiro atoms. The van der Waals surface area contributed by atoms with Crippen LogP contribution in [0.4, 0.5) is 5.69 Å². The molecule has 2 aromatic carbocycles. The SMILES string of the molecule is CCOc1ccc(CC(=O)NC[C@H]2CCCN2c2ccccc2)cc1. The lowest BCUT2D eigenvalue weighted by Gasteiger charge is -2.27. The normalized spacial score (nSPS) is 16.7. The molecule has 0 saturated carbocycles. The van der Waals surface area contributed by atoms with Crippen LogP contribution in [0, 0.1) is 0 Å². The van der Waals surface area contributed by atoms with Gasteiger partial charge in [-0.1, -0.05) is 30.3 Å². The van der Waals surface area contributed by atoms with E-state index in [9.17, 15) is 4.79 Å². The van der Waals surface area contributed by atoms with E-state index in [-0.39, 0.29) is 5.91 Å². The number of ether oxygens (including phenoxy) is 1. The van der Waals surface area contributed by atoms with Crippen molar-refractivity contribution >= 4 is 11.6 Å². The number of para-hydroxylation sites is 1. The van der Waals surface area contributed by atoms with Crippen LogP contribution in [0.15, 0.2) is 54.6 Å². The highest BCUT2D eigenvalue weighted by atomic mass is 16.5. The van der Waals surface area contributed by atoms with Gasteiger partial charge in [0.1, 0.15) is 5.75 Å². The van der Waals surface area contributed by atoms with E-state index < -0.39 is 0 Å². The Bertz CT molecular complexity index is 670. The number of amides is 1. The zero-order chi connectivity index (χ0) is 17.5. The van der Waals surface area contributed by atoms with Crippen molar-refractivity contribution in [2.75, 3.05) is 24.6 Å². The van der Waals surface area contributed by atoms with Crippen LogP contribution in [0.5, 0.6) is 5.75 Å². The number of hydrogen-bond acceptors (Lipinski definition) is 3. The third kappa shape index (κ3) is 4.75. The van der Waals surface area contributed by atoms with Gasteiger partial charge in [-0.3, -0.25) is 4.79 Å². The molecule has 0 aliphatic carbocycles. The maximum Gasteiger partial charge on any atom is 0.224 e. The van der Waals surface area contributed by atoms with Gasteiger partial charge in [-0.05, 0) is 49.6 Å². The summed E-state index contributed by atoms with van der Waals surface area (Å²) in [6.07, 6.45) is 2.71. The number of nitrogens with zero attached hydrogens (tertiary/aromatic N) is 1. The lowest BCUT2D eigenvalue weighted by Crippen LogP contribution is -2.40. The van der Waals surface area contributed by atoms with Crippen molar-refractivity contribution in [3.63, 3.8) is 0 Å². The Kier molecular flexibility index (Phi) is 5.94. The molecule has 1 aliphatic rings. The standard InChI is InChI=1S/C21H26N2O2/c1-2-25-20-12-10-17(11-13-20)15-21(24)22-16-19-9-6-14-23(19)18-7-4-3-5-8-18/h3-5,7-8,10-13,19H,2,6,9,14-16H2,1H3,(H,22,24)/t19-/m1/s1. The molecule has 25 heavy (non-hydrogen) atoms. The molecule has 1 N–H and O–H groups in total. The molecule has 1 saturated heterocycles. The Morgan fingerprint density at radius 2 is 1.92 bits per heavy atom. The van der Waals surface area contributed by atoms with Gasteiger partial charge >= 0.3 is 0 Å². The fourth-order valence-corrected chi connectivity index (χ4v) is 3.36. The van der Waals surface area contributed by atoms with Gasteiger partial charge in [0.15, 0.2) is 0 Å². The van der Waals surface area contributed by atoms with Gasteiger partial charge < -0.3 is 15.0 Å². The average molecular weight is 338 g/mol. The first kappa shape index (κ1) is 17.3. The van der Waals surface area contributed by atoms with Crippen molar-refractivity contribution in [3.8, 4) is 5.75 Å². The second-order valence-corrected chi connectivity index (χ2v) is 6.38. The maximum absolute atomic E-state index is 12.3. The Hall–Kier alpha value is -2.49. The third-order valence-corrected chi connectivity index (χ3v) is 4.60. The van der Waals surface area contributed by atoms with E-state index >= 15 is 0 Å². The fourth-order valence-electron chi connectivity index (χ4n) is 3.36. The second kappa shape index (κ2) is 8.56. The van der Waals surface area contributed by atoms with Crippen LogP contribution in [0.25, 0.3) is 0 Å². The minimum Gasteiger partial charge on any atom is -0.494 e. The van der Waals surface area contributed by atoms with Crippen LogP contribution in [0.3, 0.4) is 0 Å². The first-order chi connectivity index (χ1) is 12.3. The van der Waals surface area contributed by atoms with Crippen molar-refractivity contribution in [1.82, 2.24) is 5.32 Å². The van der Waals surface area contributed by atoms with Crippen molar-refractivity contribution in [2.45, 2.75) is 32.2 Å². The zero-order valence-electron chi connectivity index (χ0n) is 14.8. The molecule has 132 valence electrons. The number of nitrogens with one attached hydrogen (secondary N) is 1. The van der Waals surface area contributed by atoms with Gasteiger partial charge in [0, 0.05) is 24.8 Å². The molecule has 1 amide bonds. The van der Waals surface area contributed by atoms with Crippen molar-refractivity contribution in [3.05, 3.63) is 60.2 Å². The molecule has 4 nitrogen and oxygen atoms in total. The van der Waals surface area contributed by atoms with Gasteiger partial charge in [0.05, 0.1) is 13.0 Å². The minimum absolute atomic E-state index is 0.0732. The van der Waals surface area contributed by atoms with Crippen LogP contribution >= 0.6 is 0 Å². The summed E-state index contributed by atoms with van der Waals surface area (Å²) in [6.45, 7) is 4.37. The summed E-state index contributed by atoms with van der Waals surface area (Å²) in [4.78, 5) is 14.7. The zero-order valence-corrected chi connectivity index (χ0v) is 14.8. The van der Waals surface area contributed by atoms with Crippen LogP contribution in [-0.4, -0.2) is 31.6 Å². The highest BCUT2D eigenvalue weighted by molar-refractivity contribution is 5.78. The van der Waals surface area contributed by atoms with E-state index in [0.29, 0.717) is 25.6 Å². The molecule has 0 unspecified atom stereocenters. The van der Waals surface area contributed by atoms with Gasteiger partial charge in [-0.15, -0.1) is 0 Å². The lowest BCUT2D eigenvalue weighted by atomic mass is 10.1. The summed E-state index contributed by atoms with van der Waals surface area (Å²) in [7, 11) is 0. The highest BCUT2D eigenvalue weighted by Gasteiger charge is 2.24. The van der Waals surface area contributed by atoms with Crippen molar-refractivity contribution in [1.29, 1.82) is 0 Å². The number of anilines is 1. The van der Waals surface area contributed by atoms with Gasteiger partial charge in [-0.2, -0.15) is 0 Å². The summed E-state index contributed by atoms with van der Waals surface area (Å²) in [5, 5.41) is 3.10. The topological polar surface area (TPSA) is 41.6 Å². The van der Waals surface area contributed by atoms with E-state index in [0.717, 1.165) is 24.3 Å². The fraction of sp³-hybridized carbons (Fsp3) is 0.381. The average Bonchev–Trinajstić information content (AvgIpc) is 3.11. The summed E-state index contributed by atoms with van der Waals surface area (Å²) >= 11 is 0. The molecule has 0 aromatic heterocycles. The number of benzene rings is 2. The van der Waals surface area contributed by atoms with Crippen LogP contribution in [-0.2, 0) is 11.2 Å². The molecular weight excluding hydrogens is 312 g/mol. The largest absolute Gasteiger partial charge is 0.494 e. The molecule has 2 aromatic rings. The first-order valence-electron chi connectivity index (χ1n) is 9.06. The molecule has 3 rings (SSSR count). The summed E-state index contributed by atoms with van der Waals surface area (Å²) in [6, 6.07) is 18.6. The third-order valence-electron chi connectivity index (χ3n) is 4.60. The summed E-state index contributed by atoms with van der Waals surface area (Å²) in [5.41, 5.74) is 2.25. The maximum atomic E-state index is 12.3. The molecule has 1 heterocycles. The molecule has 0 bridgehead atoms. The Balaban J connectivity index is 1.50. The van der Waals surface area contributed by atoms with Crippen molar-refractivity contribution in [2.24, 2.45) is 0 Å². The predicted octanol–water partition coefficient (Wildman–Crippen LogP) is 3.41. The molecular formula is C21H26N2O2. The van der Waals surface area contributed by atoms with Gasteiger partial charge in [-0.25, -0.2) is 0 Å². The predicted molar refractivity (Wildman–Crippen MR) is 101 cm³/mol. The number of rotatable bonds is 7. The highest BCUT2D eigenvalue weighted by Crippen LogP contribution is 2.24. The van der Waals surface area contributed by atoms with Crippen LogP contribution in [0.1, 0.15) is 25.3 Å². The van der Waals surface area contributed by atoms with Crippen LogP contribution < -0.4 is 15.0 Å². The van der Waals surface area contributed by atoms with Crippen molar-refractivity contribution < 1.29 is 9.53 Å². The van der Waals surface area contributed by atoms with E-state index in [4.69, 9.17) is 4.74 Å². The Morgan fingerprint density at radius 3 is 2.64 bits per heavy atom. The van der Waals surface area contributed by atoms with Gasteiger partial charge in [0.25, 0.3) is 0 Å². The summed E-state index contributed by atoms with van der Waals surface area (Å²) < 4.78 is 5.43.